The van der Waals surface area contributed by atoms with Crippen molar-refractivity contribution in [3.63, 3.8) is 0 Å². The molecule has 0 aliphatic carbocycles. The van der Waals surface area contributed by atoms with E-state index in [-0.39, 0.29) is 0 Å². The van der Waals surface area contributed by atoms with Crippen LogP contribution in [0.2, 0.25) is 0 Å². The molecule has 0 aliphatic rings. The number of carboxylic acid groups (broad SMARTS) is 2. The van der Waals surface area contributed by atoms with Gasteiger partial charge in [0, 0.05) is 6.54 Å². The fourth-order valence-electron chi connectivity index (χ4n) is 0.144. The van der Waals surface area contributed by atoms with Crippen molar-refractivity contribution in [3.05, 3.63) is 0 Å². The molecule has 6 heteroatoms. The molecule has 0 unspecified atom stereocenters. The van der Waals surface area contributed by atoms with E-state index in [0.29, 0.717) is 0 Å². The molecular weight excluding hydrogens is 152 g/mol. The van der Waals surface area contributed by atoms with Gasteiger partial charge in [0.15, 0.2) is 0 Å². The average Bonchev–Trinajstić information content (AvgIpc) is 1.90. The summed E-state index contributed by atoms with van der Waals surface area (Å²) >= 11 is 0. The molecule has 0 aromatic rings. The van der Waals surface area contributed by atoms with Crippen LogP contribution in [0.3, 0.4) is 0 Å². The number of carboxylic acids is 2. The zero-order valence-corrected chi connectivity index (χ0v) is 6.20. The van der Waals surface area contributed by atoms with Crippen molar-refractivity contribution in [2.45, 2.75) is 13.3 Å². The number of aliphatic carboxylic acids is 2. The highest BCUT2D eigenvalue weighted by Crippen LogP contribution is 1.61. The minimum atomic E-state index is -1.82. The predicted molar refractivity (Wildman–Crippen MR) is 37.8 cm³/mol. The molecule has 0 aliphatic heterocycles. The Bertz CT molecular complexity index is 112. The Morgan fingerprint density at radius 1 is 1.36 bits per heavy atom. The van der Waals surface area contributed by atoms with Gasteiger partial charge >= 0.3 is 11.9 Å². The lowest BCUT2D eigenvalue weighted by molar-refractivity contribution is -0.159. The van der Waals surface area contributed by atoms with Crippen LogP contribution in [-0.2, 0) is 9.59 Å². The number of hydrazine groups is 1. The van der Waals surface area contributed by atoms with Gasteiger partial charge in [0.05, 0.1) is 0 Å². The number of rotatable bonds is 2. The van der Waals surface area contributed by atoms with Crippen molar-refractivity contribution < 1.29 is 19.8 Å². The summed E-state index contributed by atoms with van der Waals surface area (Å²) in [6, 6.07) is 0. The maximum absolute atomic E-state index is 9.10. The molecule has 5 N–H and O–H groups in total. The van der Waals surface area contributed by atoms with E-state index in [9.17, 15) is 0 Å². The summed E-state index contributed by atoms with van der Waals surface area (Å²) in [5.41, 5.74) is 2.52. The highest BCUT2D eigenvalue weighted by molar-refractivity contribution is 6.27. The number of nitrogens with two attached hydrogens (primary N) is 1. The summed E-state index contributed by atoms with van der Waals surface area (Å²) in [7, 11) is 0. The zero-order valence-electron chi connectivity index (χ0n) is 6.20. The molecule has 0 amide bonds. The van der Waals surface area contributed by atoms with E-state index < -0.39 is 11.9 Å². The Labute approximate surface area is 64.0 Å². The largest absolute Gasteiger partial charge is 0.473 e. The molecule has 0 heterocycles. The zero-order chi connectivity index (χ0) is 9.28. The molecular formula is C5H12N2O4. The molecule has 0 atom stereocenters. The van der Waals surface area contributed by atoms with Gasteiger partial charge in [0.1, 0.15) is 0 Å². The number of hydrogen-bond acceptors (Lipinski definition) is 4. The molecule has 0 fully saturated rings. The van der Waals surface area contributed by atoms with E-state index in [1.807, 2.05) is 0 Å². The van der Waals surface area contributed by atoms with E-state index >= 15 is 0 Å². The van der Waals surface area contributed by atoms with Gasteiger partial charge < -0.3 is 10.2 Å². The van der Waals surface area contributed by atoms with Crippen molar-refractivity contribution in [3.8, 4) is 0 Å². The van der Waals surface area contributed by atoms with Crippen molar-refractivity contribution in [2.75, 3.05) is 6.54 Å². The van der Waals surface area contributed by atoms with Crippen LogP contribution in [0.25, 0.3) is 0 Å². The molecule has 0 spiro atoms. The van der Waals surface area contributed by atoms with Gasteiger partial charge in [-0.3, -0.25) is 11.3 Å². The van der Waals surface area contributed by atoms with Crippen LogP contribution in [-0.4, -0.2) is 28.7 Å². The molecule has 0 saturated heterocycles. The monoisotopic (exact) mass is 164 g/mol. The standard InChI is InChI=1S/C3H10N2.C2H2O4/c1-2-3-5-4;3-1(4)2(5)6/h5H,2-4H2,1H3;(H,3,4)(H,5,6). The maximum atomic E-state index is 9.10. The van der Waals surface area contributed by atoms with Crippen LogP contribution in [0, 0.1) is 0 Å². The van der Waals surface area contributed by atoms with E-state index in [1.165, 1.54) is 0 Å². The van der Waals surface area contributed by atoms with E-state index in [0.717, 1.165) is 13.0 Å². The molecule has 11 heavy (non-hydrogen) atoms. The first-order chi connectivity index (χ1) is 5.06. The van der Waals surface area contributed by atoms with Crippen molar-refractivity contribution in [1.82, 2.24) is 5.43 Å². The minimum absolute atomic E-state index is 0.917. The van der Waals surface area contributed by atoms with Crippen molar-refractivity contribution in [1.29, 1.82) is 0 Å². The summed E-state index contributed by atoms with van der Waals surface area (Å²) < 4.78 is 0. The van der Waals surface area contributed by atoms with Gasteiger partial charge in [-0.1, -0.05) is 6.92 Å². The predicted octanol–water partition coefficient (Wildman–Crippen LogP) is -0.985. The second-order valence-corrected chi connectivity index (χ2v) is 1.56. The lowest BCUT2D eigenvalue weighted by Gasteiger charge is -1.85. The fraction of sp³-hybridized carbons (Fsp3) is 0.600. The van der Waals surface area contributed by atoms with Gasteiger partial charge in [0.2, 0.25) is 0 Å². The van der Waals surface area contributed by atoms with Crippen LogP contribution < -0.4 is 11.3 Å². The first-order valence-electron chi connectivity index (χ1n) is 2.95. The summed E-state index contributed by atoms with van der Waals surface area (Å²) in [6.45, 7) is 2.99. The van der Waals surface area contributed by atoms with E-state index in [2.05, 4.69) is 12.3 Å². The average molecular weight is 164 g/mol. The number of hydrogen-bond donors (Lipinski definition) is 4. The molecule has 0 aromatic carbocycles. The van der Waals surface area contributed by atoms with Crippen molar-refractivity contribution >= 4 is 11.9 Å². The second-order valence-electron chi connectivity index (χ2n) is 1.56. The Morgan fingerprint density at radius 2 is 1.73 bits per heavy atom. The van der Waals surface area contributed by atoms with E-state index in [4.69, 9.17) is 25.6 Å². The van der Waals surface area contributed by atoms with Crippen LogP contribution >= 0.6 is 0 Å². The van der Waals surface area contributed by atoms with Gasteiger partial charge in [0.25, 0.3) is 0 Å². The topological polar surface area (TPSA) is 113 Å². The number of nitrogens with one attached hydrogen (secondary N) is 1. The van der Waals surface area contributed by atoms with Gasteiger partial charge in [-0.05, 0) is 6.42 Å². The lowest BCUT2D eigenvalue weighted by atomic mass is 10.5. The van der Waals surface area contributed by atoms with Gasteiger partial charge in [-0.2, -0.15) is 0 Å². The van der Waals surface area contributed by atoms with Crippen molar-refractivity contribution in [2.24, 2.45) is 5.84 Å². The van der Waals surface area contributed by atoms with Gasteiger partial charge in [-0.15, -0.1) is 0 Å². The van der Waals surface area contributed by atoms with Crippen LogP contribution in [0.5, 0.6) is 0 Å². The normalized spacial score (nSPS) is 7.82. The molecule has 0 saturated carbocycles. The van der Waals surface area contributed by atoms with Crippen LogP contribution in [0.15, 0.2) is 0 Å². The SMILES string of the molecule is CCCNN.O=C(O)C(=O)O. The third-order valence-electron chi connectivity index (χ3n) is 0.577. The lowest BCUT2D eigenvalue weighted by Crippen LogP contribution is -2.21. The summed E-state index contributed by atoms with van der Waals surface area (Å²) in [6.07, 6.45) is 1.11. The van der Waals surface area contributed by atoms with Crippen LogP contribution in [0.1, 0.15) is 13.3 Å². The minimum Gasteiger partial charge on any atom is -0.473 e. The van der Waals surface area contributed by atoms with Crippen LogP contribution in [0.4, 0.5) is 0 Å². The summed E-state index contributed by atoms with van der Waals surface area (Å²) in [4.78, 5) is 18.2. The number of carbonyl (C=O) groups is 2. The molecule has 66 valence electrons. The summed E-state index contributed by atoms with van der Waals surface area (Å²) in [5.74, 6) is 1.24. The quantitative estimate of drug-likeness (QED) is 0.237. The molecule has 0 bridgehead atoms. The molecule has 0 rings (SSSR count). The Kier molecular flexibility index (Phi) is 10.1. The Hall–Kier alpha value is -1.14. The smallest absolute Gasteiger partial charge is 0.414 e. The van der Waals surface area contributed by atoms with E-state index in [1.54, 1.807) is 0 Å². The maximum Gasteiger partial charge on any atom is 0.414 e. The first-order valence-corrected chi connectivity index (χ1v) is 2.95. The molecule has 0 radical (unpaired) electrons. The Morgan fingerprint density at radius 3 is 1.73 bits per heavy atom. The molecule has 6 nitrogen and oxygen atoms in total. The second kappa shape index (κ2) is 8.86. The summed E-state index contributed by atoms with van der Waals surface area (Å²) in [5, 5.41) is 14.8. The van der Waals surface area contributed by atoms with Gasteiger partial charge in [-0.25, -0.2) is 9.59 Å². The third-order valence-corrected chi connectivity index (χ3v) is 0.577. The fourth-order valence-corrected chi connectivity index (χ4v) is 0.144. The first kappa shape index (κ1) is 12.5. The Balaban J connectivity index is 0. The highest BCUT2D eigenvalue weighted by atomic mass is 16.4. The third kappa shape index (κ3) is 17.7. The highest BCUT2D eigenvalue weighted by Gasteiger charge is 2.04. The molecule has 0 aromatic heterocycles.